The summed E-state index contributed by atoms with van der Waals surface area (Å²) in [4.78, 5) is 16.8. The smallest absolute Gasteiger partial charge is 0.315 e. The molecule has 0 fully saturated rings. The van der Waals surface area contributed by atoms with Crippen molar-refractivity contribution in [3.8, 4) is 5.75 Å². The Labute approximate surface area is 146 Å². The Bertz CT molecular complexity index is 729. The number of aryl methyl sites for hydroxylation is 1. The van der Waals surface area contributed by atoms with Crippen LogP contribution < -0.4 is 15.4 Å². The van der Waals surface area contributed by atoms with Crippen LogP contribution in [0.5, 0.6) is 5.75 Å². The molecule has 1 aromatic heterocycles. The minimum atomic E-state index is -0.159. The van der Waals surface area contributed by atoms with Crippen molar-refractivity contribution in [3.63, 3.8) is 0 Å². The van der Waals surface area contributed by atoms with Gasteiger partial charge in [-0.15, -0.1) is 11.3 Å². The van der Waals surface area contributed by atoms with Gasteiger partial charge in [-0.05, 0) is 50.8 Å². The summed E-state index contributed by atoms with van der Waals surface area (Å²) in [5.74, 6) is 0.936. The molecule has 2 aromatic rings. The lowest BCUT2D eigenvalue weighted by Gasteiger charge is -2.18. The molecule has 5 nitrogen and oxygen atoms in total. The van der Waals surface area contributed by atoms with Crippen LogP contribution in [0.4, 0.5) is 4.79 Å². The van der Waals surface area contributed by atoms with E-state index in [0.29, 0.717) is 6.61 Å². The number of nitrogens with zero attached hydrogens (tertiary/aromatic N) is 1. The lowest BCUT2D eigenvalue weighted by Crippen LogP contribution is -2.38. The fourth-order valence-corrected chi connectivity index (χ4v) is 3.82. The van der Waals surface area contributed by atoms with Crippen LogP contribution in [0.25, 0.3) is 0 Å². The largest absolute Gasteiger partial charge is 0.494 e. The van der Waals surface area contributed by atoms with Crippen LogP contribution >= 0.6 is 11.3 Å². The number of ether oxygens (including phenoxy) is 1. The molecule has 3 rings (SSSR count). The average Bonchev–Trinajstić information content (AvgIpc) is 3.15. The van der Waals surface area contributed by atoms with Crippen molar-refractivity contribution in [2.75, 3.05) is 6.61 Å². The number of urea groups is 1. The van der Waals surface area contributed by atoms with Crippen LogP contribution in [0.1, 0.15) is 54.2 Å². The number of hydrogen-bond acceptors (Lipinski definition) is 4. The number of carbonyl (C=O) groups excluding carboxylic acids is 1. The zero-order valence-corrected chi connectivity index (χ0v) is 15.1. The zero-order chi connectivity index (χ0) is 17.1. The summed E-state index contributed by atoms with van der Waals surface area (Å²) in [6.07, 6.45) is 1.83. The van der Waals surface area contributed by atoms with Crippen molar-refractivity contribution in [1.29, 1.82) is 0 Å². The third kappa shape index (κ3) is 3.53. The minimum Gasteiger partial charge on any atom is -0.494 e. The zero-order valence-electron chi connectivity index (χ0n) is 14.3. The quantitative estimate of drug-likeness (QED) is 0.864. The molecule has 0 aliphatic heterocycles. The summed E-state index contributed by atoms with van der Waals surface area (Å²) in [7, 11) is 0. The summed E-state index contributed by atoms with van der Waals surface area (Å²) < 4.78 is 5.69. The van der Waals surface area contributed by atoms with Crippen LogP contribution in [0.15, 0.2) is 23.6 Å². The number of benzene rings is 1. The molecule has 0 saturated heterocycles. The van der Waals surface area contributed by atoms with Crippen molar-refractivity contribution < 1.29 is 9.53 Å². The minimum absolute atomic E-state index is 0.0322. The molecule has 24 heavy (non-hydrogen) atoms. The van der Waals surface area contributed by atoms with Gasteiger partial charge in [-0.2, -0.15) is 0 Å². The highest BCUT2D eigenvalue weighted by molar-refractivity contribution is 7.09. The van der Waals surface area contributed by atoms with Crippen molar-refractivity contribution in [1.82, 2.24) is 15.6 Å². The van der Waals surface area contributed by atoms with E-state index in [4.69, 9.17) is 4.74 Å². The van der Waals surface area contributed by atoms with E-state index < -0.39 is 0 Å². The monoisotopic (exact) mass is 345 g/mol. The van der Waals surface area contributed by atoms with Crippen LogP contribution in [0.2, 0.25) is 0 Å². The number of rotatable bonds is 5. The van der Waals surface area contributed by atoms with E-state index in [1.807, 2.05) is 38.3 Å². The topological polar surface area (TPSA) is 63.2 Å². The van der Waals surface area contributed by atoms with Crippen molar-refractivity contribution >= 4 is 17.4 Å². The molecule has 1 aliphatic rings. The highest BCUT2D eigenvalue weighted by Crippen LogP contribution is 2.36. The first-order valence-electron chi connectivity index (χ1n) is 8.32. The second kappa shape index (κ2) is 7.21. The molecule has 128 valence electrons. The highest BCUT2D eigenvalue weighted by Gasteiger charge is 2.27. The van der Waals surface area contributed by atoms with Gasteiger partial charge in [-0.1, -0.05) is 12.1 Å². The Morgan fingerprint density at radius 3 is 3.04 bits per heavy atom. The first-order valence-corrected chi connectivity index (χ1v) is 9.20. The fraction of sp³-hybridized carbons (Fsp3) is 0.444. The molecule has 0 unspecified atom stereocenters. The molecule has 2 atom stereocenters. The molecule has 0 spiro atoms. The average molecular weight is 345 g/mol. The van der Waals surface area contributed by atoms with Gasteiger partial charge in [0.05, 0.1) is 29.4 Å². The van der Waals surface area contributed by atoms with E-state index in [9.17, 15) is 4.79 Å². The fourth-order valence-electron chi connectivity index (χ4n) is 3.11. The molecular formula is C18H23N3O2S. The Morgan fingerprint density at radius 2 is 2.33 bits per heavy atom. The number of aromatic nitrogens is 1. The van der Waals surface area contributed by atoms with Gasteiger partial charge in [-0.25, -0.2) is 9.78 Å². The summed E-state index contributed by atoms with van der Waals surface area (Å²) in [6.45, 7) is 6.55. The Balaban J connectivity index is 1.64. The second-order valence-electron chi connectivity index (χ2n) is 5.98. The lowest BCUT2D eigenvalue weighted by molar-refractivity contribution is 0.234. The number of hydrogen-bond donors (Lipinski definition) is 2. The molecule has 6 heteroatoms. The maximum atomic E-state index is 12.3. The van der Waals surface area contributed by atoms with E-state index in [0.717, 1.165) is 34.9 Å². The summed E-state index contributed by atoms with van der Waals surface area (Å²) >= 11 is 1.59. The van der Waals surface area contributed by atoms with Gasteiger partial charge in [0.2, 0.25) is 0 Å². The molecule has 0 bridgehead atoms. The second-order valence-corrected chi connectivity index (χ2v) is 7.04. The van der Waals surface area contributed by atoms with Crippen molar-refractivity contribution in [3.05, 3.63) is 45.4 Å². The summed E-state index contributed by atoms with van der Waals surface area (Å²) in [5, 5.41) is 9.04. The predicted molar refractivity (Wildman–Crippen MR) is 95.6 cm³/mol. The molecule has 1 heterocycles. The summed E-state index contributed by atoms with van der Waals surface area (Å²) in [5.41, 5.74) is 3.28. The van der Waals surface area contributed by atoms with Gasteiger partial charge in [0, 0.05) is 5.38 Å². The molecular weight excluding hydrogens is 322 g/mol. The van der Waals surface area contributed by atoms with Gasteiger partial charge < -0.3 is 15.4 Å². The molecule has 0 radical (unpaired) electrons. The Morgan fingerprint density at radius 1 is 1.50 bits per heavy atom. The third-order valence-corrected chi connectivity index (χ3v) is 5.05. The van der Waals surface area contributed by atoms with Crippen molar-refractivity contribution in [2.45, 2.75) is 45.7 Å². The first-order chi connectivity index (χ1) is 11.6. The third-order valence-electron chi connectivity index (χ3n) is 4.26. The first kappa shape index (κ1) is 16.8. The van der Waals surface area contributed by atoms with E-state index in [-0.39, 0.29) is 18.1 Å². The van der Waals surface area contributed by atoms with Gasteiger partial charge in [0.25, 0.3) is 0 Å². The lowest BCUT2D eigenvalue weighted by atomic mass is 10.1. The van der Waals surface area contributed by atoms with Gasteiger partial charge in [0.15, 0.2) is 0 Å². The Hall–Kier alpha value is -2.08. The molecule has 2 N–H and O–H groups in total. The normalized spacial score (nSPS) is 17.2. The predicted octanol–water partition coefficient (Wildman–Crippen LogP) is 3.90. The van der Waals surface area contributed by atoms with Crippen molar-refractivity contribution in [2.24, 2.45) is 0 Å². The summed E-state index contributed by atoms with van der Waals surface area (Å²) in [6, 6.07) is 5.83. The number of carbonyl (C=O) groups is 1. The molecule has 1 aliphatic carbocycles. The van der Waals surface area contributed by atoms with E-state index in [2.05, 4.69) is 21.7 Å². The Kier molecular flexibility index (Phi) is 5.04. The number of nitrogens with one attached hydrogen (secondary N) is 2. The molecule has 2 amide bonds. The maximum absolute atomic E-state index is 12.3. The van der Waals surface area contributed by atoms with E-state index in [1.165, 1.54) is 5.56 Å². The number of thiazole rings is 1. The van der Waals surface area contributed by atoms with Crippen LogP contribution in [-0.4, -0.2) is 17.6 Å². The maximum Gasteiger partial charge on any atom is 0.315 e. The molecule has 1 aromatic carbocycles. The van der Waals surface area contributed by atoms with E-state index in [1.54, 1.807) is 11.3 Å². The van der Waals surface area contributed by atoms with Gasteiger partial charge in [-0.3, -0.25) is 0 Å². The highest BCUT2D eigenvalue weighted by atomic mass is 32.1. The van der Waals surface area contributed by atoms with Crippen LogP contribution in [-0.2, 0) is 6.42 Å². The number of amides is 2. The van der Waals surface area contributed by atoms with Gasteiger partial charge >= 0.3 is 6.03 Å². The van der Waals surface area contributed by atoms with Gasteiger partial charge in [0.1, 0.15) is 5.75 Å². The SMILES string of the molecule is CCOc1cccc2c1CC[C@@H]2NC(=O)N[C@@H](C)c1csc(C)n1. The van der Waals surface area contributed by atoms with Crippen LogP contribution in [0, 0.1) is 6.92 Å². The number of fused-ring (bicyclic) bond motifs is 1. The van der Waals surface area contributed by atoms with Crippen LogP contribution in [0.3, 0.4) is 0 Å². The van der Waals surface area contributed by atoms with E-state index >= 15 is 0 Å². The molecule has 0 saturated carbocycles. The standard InChI is InChI=1S/C18H23N3O2S/c1-4-23-17-7-5-6-13-14(17)8-9-15(13)21-18(22)19-11(2)16-10-24-12(3)20-16/h5-7,10-11,15H,4,8-9H2,1-3H3,(H2,19,21,22)/t11-,15-/m0/s1.